The summed E-state index contributed by atoms with van der Waals surface area (Å²) in [7, 11) is 0. The minimum absolute atomic E-state index is 0.767. The van der Waals surface area contributed by atoms with E-state index in [1.54, 1.807) is 0 Å². The quantitative estimate of drug-likeness (QED) is 0.553. The Morgan fingerprint density at radius 1 is 1.21 bits per heavy atom. The Morgan fingerprint density at radius 2 is 2.00 bits per heavy atom. The molecule has 0 saturated carbocycles. The van der Waals surface area contributed by atoms with E-state index in [1.165, 1.54) is 11.1 Å². The number of aryl methyl sites for hydroxylation is 2. The lowest BCUT2D eigenvalue weighted by Gasteiger charge is -1.98. The second-order valence-corrected chi connectivity index (χ2v) is 3.38. The summed E-state index contributed by atoms with van der Waals surface area (Å²) in [5.41, 5.74) is 3.73. The summed E-state index contributed by atoms with van der Waals surface area (Å²) >= 11 is 0. The molecule has 1 heteroatoms. The molecule has 1 N–H and O–H groups in total. The molecule has 0 amide bonds. The van der Waals surface area contributed by atoms with Gasteiger partial charge in [0.15, 0.2) is 0 Å². The number of rotatable bonds is 2. The molecule has 0 aliphatic heterocycles. The van der Waals surface area contributed by atoms with E-state index in [0.29, 0.717) is 0 Å². The molecule has 0 spiro atoms. The zero-order valence-electron chi connectivity index (χ0n) is 9.15. The van der Waals surface area contributed by atoms with Crippen LogP contribution >= 0.6 is 0 Å². The summed E-state index contributed by atoms with van der Waals surface area (Å²) in [5.74, 6) is 6.22. The lowest BCUT2D eigenvalue weighted by molar-refractivity contribution is 0.811. The van der Waals surface area contributed by atoms with Gasteiger partial charge in [-0.15, -0.1) is 0 Å². The molecule has 1 aromatic carbocycles. The lowest BCUT2D eigenvalue weighted by atomic mass is 10.1. The molecule has 0 saturated heterocycles. The molecule has 1 rings (SSSR count). The van der Waals surface area contributed by atoms with Gasteiger partial charge in [0.25, 0.3) is 0 Å². The number of benzene rings is 1. The van der Waals surface area contributed by atoms with Gasteiger partial charge in [0.1, 0.15) is 0 Å². The van der Waals surface area contributed by atoms with E-state index in [9.17, 15) is 0 Å². The molecular weight excluding hydrogens is 170 g/mol. The summed E-state index contributed by atoms with van der Waals surface area (Å²) in [6, 6.07) is 6.32. The Balaban J connectivity index is 2.66. The normalized spacial score (nSPS) is 9.36. The minimum atomic E-state index is 0.767. The molecule has 0 unspecified atom stereocenters. The molecule has 0 radical (unpaired) electrons. The summed E-state index contributed by atoms with van der Waals surface area (Å²) in [4.78, 5) is 0. The van der Waals surface area contributed by atoms with Crippen molar-refractivity contribution in [2.75, 3.05) is 13.1 Å². The minimum Gasteiger partial charge on any atom is -0.306 e. The average Bonchev–Trinajstić information content (AvgIpc) is 2.18. The van der Waals surface area contributed by atoms with Crippen molar-refractivity contribution in [2.24, 2.45) is 0 Å². The van der Waals surface area contributed by atoms with Gasteiger partial charge in [-0.1, -0.05) is 24.8 Å². The predicted octanol–water partition coefficient (Wildman–Crippen LogP) is 2.26. The topological polar surface area (TPSA) is 12.0 Å². The third-order valence-electron chi connectivity index (χ3n) is 2.20. The largest absolute Gasteiger partial charge is 0.306 e. The van der Waals surface area contributed by atoms with Crippen molar-refractivity contribution in [3.05, 3.63) is 34.9 Å². The summed E-state index contributed by atoms with van der Waals surface area (Å²) in [5, 5.41) is 3.17. The van der Waals surface area contributed by atoms with Gasteiger partial charge in [-0.2, -0.15) is 0 Å². The molecule has 0 atom stereocenters. The first-order valence-electron chi connectivity index (χ1n) is 5.01. The standard InChI is InChI=1S/C13H17N/c1-4-14-9-5-6-13-8-7-11(2)12(3)10-13/h7-8,10,14H,4,9H2,1-3H3. The molecule has 0 bridgehead atoms. The zero-order chi connectivity index (χ0) is 10.4. The molecule has 0 fully saturated rings. The molecule has 14 heavy (non-hydrogen) atoms. The molecule has 0 aliphatic carbocycles. The van der Waals surface area contributed by atoms with Gasteiger partial charge >= 0.3 is 0 Å². The van der Waals surface area contributed by atoms with Gasteiger partial charge in [0.05, 0.1) is 6.54 Å². The van der Waals surface area contributed by atoms with E-state index in [0.717, 1.165) is 18.7 Å². The molecule has 74 valence electrons. The van der Waals surface area contributed by atoms with Gasteiger partial charge in [0.2, 0.25) is 0 Å². The van der Waals surface area contributed by atoms with Gasteiger partial charge in [-0.3, -0.25) is 0 Å². The van der Waals surface area contributed by atoms with Crippen LogP contribution in [0.15, 0.2) is 18.2 Å². The maximum atomic E-state index is 3.17. The maximum absolute atomic E-state index is 3.17. The molecule has 0 heterocycles. The van der Waals surface area contributed by atoms with Crippen LogP contribution in [0.2, 0.25) is 0 Å². The number of nitrogens with one attached hydrogen (secondary N) is 1. The van der Waals surface area contributed by atoms with Crippen LogP contribution in [-0.2, 0) is 0 Å². The third kappa shape index (κ3) is 3.24. The Bertz CT molecular complexity index is 355. The highest BCUT2D eigenvalue weighted by atomic mass is 14.8. The van der Waals surface area contributed by atoms with Gasteiger partial charge in [-0.25, -0.2) is 0 Å². The Kier molecular flexibility index (Phi) is 4.22. The van der Waals surface area contributed by atoms with Crippen molar-refractivity contribution >= 4 is 0 Å². The monoisotopic (exact) mass is 187 g/mol. The molecule has 0 aromatic heterocycles. The van der Waals surface area contributed by atoms with E-state index in [-0.39, 0.29) is 0 Å². The second-order valence-electron chi connectivity index (χ2n) is 3.38. The smallest absolute Gasteiger partial charge is 0.0580 e. The highest BCUT2D eigenvalue weighted by molar-refractivity contribution is 5.40. The van der Waals surface area contributed by atoms with Crippen LogP contribution in [0.4, 0.5) is 0 Å². The SMILES string of the molecule is CCNCC#Cc1ccc(C)c(C)c1. The van der Waals surface area contributed by atoms with E-state index in [1.807, 2.05) is 0 Å². The summed E-state index contributed by atoms with van der Waals surface area (Å²) < 4.78 is 0. The molecule has 1 aromatic rings. The first-order chi connectivity index (χ1) is 6.74. The van der Waals surface area contributed by atoms with Gasteiger partial charge < -0.3 is 5.32 Å². The van der Waals surface area contributed by atoms with E-state index >= 15 is 0 Å². The fourth-order valence-electron chi connectivity index (χ4n) is 1.15. The van der Waals surface area contributed by atoms with E-state index in [2.05, 4.69) is 56.1 Å². The van der Waals surface area contributed by atoms with Gasteiger partial charge in [0, 0.05) is 5.56 Å². The Morgan fingerprint density at radius 3 is 2.64 bits per heavy atom. The van der Waals surface area contributed by atoms with Crippen molar-refractivity contribution in [2.45, 2.75) is 20.8 Å². The van der Waals surface area contributed by atoms with Crippen LogP contribution in [0, 0.1) is 25.7 Å². The summed E-state index contributed by atoms with van der Waals surface area (Å²) in [6.45, 7) is 8.05. The van der Waals surface area contributed by atoms with Crippen LogP contribution in [0.5, 0.6) is 0 Å². The summed E-state index contributed by atoms with van der Waals surface area (Å²) in [6.07, 6.45) is 0. The maximum Gasteiger partial charge on any atom is 0.0580 e. The second kappa shape index (κ2) is 5.47. The lowest BCUT2D eigenvalue weighted by Crippen LogP contribution is -2.11. The molecule has 0 aliphatic rings. The molecule has 1 nitrogen and oxygen atoms in total. The molecular formula is C13H17N. The van der Waals surface area contributed by atoms with Crippen molar-refractivity contribution in [1.82, 2.24) is 5.32 Å². The van der Waals surface area contributed by atoms with Crippen LogP contribution in [0.1, 0.15) is 23.6 Å². The third-order valence-corrected chi connectivity index (χ3v) is 2.20. The van der Waals surface area contributed by atoms with Crippen molar-refractivity contribution in [3.63, 3.8) is 0 Å². The highest BCUT2D eigenvalue weighted by Gasteiger charge is 1.91. The van der Waals surface area contributed by atoms with E-state index < -0.39 is 0 Å². The number of hydrogen-bond acceptors (Lipinski definition) is 1. The van der Waals surface area contributed by atoms with Crippen molar-refractivity contribution in [3.8, 4) is 11.8 Å². The van der Waals surface area contributed by atoms with Crippen LogP contribution in [-0.4, -0.2) is 13.1 Å². The Hall–Kier alpha value is -1.26. The van der Waals surface area contributed by atoms with Crippen LogP contribution in [0.25, 0.3) is 0 Å². The van der Waals surface area contributed by atoms with Crippen LogP contribution < -0.4 is 5.32 Å². The Labute approximate surface area is 86.5 Å². The van der Waals surface area contributed by atoms with Crippen molar-refractivity contribution < 1.29 is 0 Å². The number of hydrogen-bond donors (Lipinski definition) is 1. The average molecular weight is 187 g/mol. The first kappa shape index (κ1) is 10.8. The van der Waals surface area contributed by atoms with E-state index in [4.69, 9.17) is 0 Å². The van der Waals surface area contributed by atoms with Crippen molar-refractivity contribution in [1.29, 1.82) is 0 Å². The fourth-order valence-corrected chi connectivity index (χ4v) is 1.15. The fraction of sp³-hybridized carbons (Fsp3) is 0.385. The highest BCUT2D eigenvalue weighted by Crippen LogP contribution is 2.08. The van der Waals surface area contributed by atoms with Crippen LogP contribution in [0.3, 0.4) is 0 Å². The predicted molar refractivity (Wildman–Crippen MR) is 61.3 cm³/mol. The van der Waals surface area contributed by atoms with Gasteiger partial charge in [-0.05, 0) is 43.7 Å². The first-order valence-corrected chi connectivity index (χ1v) is 5.01. The zero-order valence-corrected chi connectivity index (χ0v) is 9.15.